The molecule has 2 N–H and O–H groups in total. The van der Waals surface area contributed by atoms with E-state index in [9.17, 15) is 9.59 Å². The zero-order valence-electron chi connectivity index (χ0n) is 15.5. The molecule has 26 heavy (non-hydrogen) atoms. The average molecular weight is 360 g/mol. The molecular formula is C19H28N4O3. The molecule has 1 atom stereocenters. The molecule has 1 aliphatic heterocycles. The summed E-state index contributed by atoms with van der Waals surface area (Å²) in [5, 5.41) is 5.53. The predicted octanol–water partition coefficient (Wildman–Crippen LogP) is 0.521. The van der Waals surface area contributed by atoms with E-state index >= 15 is 0 Å². The first-order chi connectivity index (χ1) is 12.5. The third-order valence-corrected chi connectivity index (χ3v) is 4.86. The molecule has 1 unspecified atom stereocenters. The quantitative estimate of drug-likeness (QED) is 0.724. The fourth-order valence-electron chi connectivity index (χ4n) is 3.09. The number of nitrogens with one attached hydrogen (secondary N) is 2. The molecule has 0 aromatic heterocycles. The van der Waals surface area contributed by atoms with E-state index in [0.717, 1.165) is 37.2 Å². The summed E-state index contributed by atoms with van der Waals surface area (Å²) in [7, 11) is 4.01. The first-order valence-corrected chi connectivity index (χ1v) is 9.22. The second kappa shape index (κ2) is 8.51. The number of amides is 2. The van der Waals surface area contributed by atoms with Gasteiger partial charge in [-0.25, -0.2) is 0 Å². The lowest BCUT2D eigenvalue weighted by atomic mass is 10.0. The minimum Gasteiger partial charge on any atom is -0.379 e. The zero-order valence-corrected chi connectivity index (χ0v) is 15.5. The van der Waals surface area contributed by atoms with Crippen molar-refractivity contribution in [2.24, 2.45) is 0 Å². The molecule has 3 rings (SSSR count). The Labute approximate surface area is 154 Å². The number of nitrogens with zero attached hydrogens (tertiary/aromatic N) is 2. The van der Waals surface area contributed by atoms with E-state index in [2.05, 4.69) is 44.7 Å². The van der Waals surface area contributed by atoms with Crippen molar-refractivity contribution < 1.29 is 14.3 Å². The van der Waals surface area contributed by atoms with Crippen LogP contribution in [0.3, 0.4) is 0 Å². The van der Waals surface area contributed by atoms with E-state index in [-0.39, 0.29) is 12.1 Å². The molecule has 1 saturated carbocycles. The maximum atomic E-state index is 12.1. The maximum absolute atomic E-state index is 12.1. The van der Waals surface area contributed by atoms with Gasteiger partial charge in [-0.1, -0.05) is 12.1 Å². The van der Waals surface area contributed by atoms with Crippen LogP contribution in [0.25, 0.3) is 0 Å². The molecule has 1 aromatic rings. The molecule has 0 radical (unpaired) electrons. The third kappa shape index (κ3) is 4.95. The summed E-state index contributed by atoms with van der Waals surface area (Å²) in [6.45, 7) is 3.39. The van der Waals surface area contributed by atoms with Crippen LogP contribution >= 0.6 is 0 Å². The second-order valence-electron chi connectivity index (χ2n) is 7.11. The van der Waals surface area contributed by atoms with E-state index < -0.39 is 11.8 Å². The summed E-state index contributed by atoms with van der Waals surface area (Å²) in [6, 6.07) is 8.53. The van der Waals surface area contributed by atoms with Crippen LogP contribution in [0.15, 0.2) is 24.3 Å². The molecule has 2 fully saturated rings. The van der Waals surface area contributed by atoms with Gasteiger partial charge in [-0.2, -0.15) is 0 Å². The van der Waals surface area contributed by atoms with E-state index in [0.29, 0.717) is 19.8 Å². The van der Waals surface area contributed by atoms with E-state index in [4.69, 9.17) is 4.74 Å². The SMILES string of the molecule is CN(C)c1ccc(C(CNC(=O)C(=O)NC2CC2)N2CCOCC2)cc1. The van der Waals surface area contributed by atoms with Crippen LogP contribution in [0.1, 0.15) is 24.4 Å². The highest BCUT2D eigenvalue weighted by Crippen LogP contribution is 2.24. The number of carbonyl (C=O) groups is 2. The predicted molar refractivity (Wildman–Crippen MR) is 100 cm³/mol. The highest BCUT2D eigenvalue weighted by molar-refractivity contribution is 6.35. The van der Waals surface area contributed by atoms with Gasteiger partial charge in [0.2, 0.25) is 0 Å². The van der Waals surface area contributed by atoms with Gasteiger partial charge in [-0.3, -0.25) is 14.5 Å². The molecule has 0 spiro atoms. The summed E-state index contributed by atoms with van der Waals surface area (Å²) in [4.78, 5) is 28.3. The Bertz CT molecular complexity index is 622. The van der Waals surface area contributed by atoms with Crippen LogP contribution in [0.5, 0.6) is 0 Å². The van der Waals surface area contributed by atoms with Gasteiger partial charge >= 0.3 is 11.8 Å². The standard InChI is InChI=1S/C19H28N4O3/c1-22(2)16-7-3-14(4-8-16)17(23-9-11-26-12-10-23)13-20-18(24)19(25)21-15-5-6-15/h3-4,7-8,15,17H,5-6,9-13H2,1-2H3,(H,20,24)(H,21,25). The molecule has 1 aliphatic carbocycles. The van der Waals surface area contributed by atoms with Crippen LogP contribution in [0.4, 0.5) is 5.69 Å². The summed E-state index contributed by atoms with van der Waals surface area (Å²) in [5.74, 6) is -1.09. The zero-order chi connectivity index (χ0) is 18.5. The number of morpholine rings is 1. The van der Waals surface area contributed by atoms with E-state index in [1.54, 1.807) is 0 Å². The Morgan fingerprint density at radius 3 is 2.38 bits per heavy atom. The topological polar surface area (TPSA) is 73.9 Å². The van der Waals surface area contributed by atoms with Crippen molar-refractivity contribution in [2.75, 3.05) is 51.8 Å². The Morgan fingerprint density at radius 2 is 1.81 bits per heavy atom. The number of hydrogen-bond acceptors (Lipinski definition) is 5. The fourth-order valence-corrected chi connectivity index (χ4v) is 3.09. The van der Waals surface area contributed by atoms with Crippen LogP contribution in [-0.2, 0) is 14.3 Å². The molecule has 0 bridgehead atoms. The van der Waals surface area contributed by atoms with Gasteiger partial charge in [-0.15, -0.1) is 0 Å². The van der Waals surface area contributed by atoms with Crippen molar-refractivity contribution in [1.82, 2.24) is 15.5 Å². The first-order valence-electron chi connectivity index (χ1n) is 9.22. The molecule has 1 aromatic carbocycles. The number of carbonyl (C=O) groups excluding carboxylic acids is 2. The largest absolute Gasteiger partial charge is 0.379 e. The fraction of sp³-hybridized carbons (Fsp3) is 0.579. The van der Waals surface area contributed by atoms with Gasteiger partial charge in [-0.05, 0) is 30.5 Å². The minimum atomic E-state index is -0.555. The molecule has 1 heterocycles. The maximum Gasteiger partial charge on any atom is 0.309 e. The lowest BCUT2D eigenvalue weighted by molar-refractivity contribution is -0.139. The monoisotopic (exact) mass is 360 g/mol. The number of hydrogen-bond donors (Lipinski definition) is 2. The van der Waals surface area contributed by atoms with E-state index in [1.807, 2.05) is 14.1 Å². The minimum absolute atomic E-state index is 0.0211. The van der Waals surface area contributed by atoms with Gasteiger partial charge in [0.25, 0.3) is 0 Å². The molecule has 1 saturated heterocycles. The molecule has 142 valence electrons. The van der Waals surface area contributed by atoms with Crippen LogP contribution in [0, 0.1) is 0 Å². The van der Waals surface area contributed by atoms with Gasteiger partial charge in [0.1, 0.15) is 0 Å². The second-order valence-corrected chi connectivity index (χ2v) is 7.11. The molecular weight excluding hydrogens is 332 g/mol. The molecule has 2 aliphatic rings. The van der Waals surface area contributed by atoms with E-state index in [1.165, 1.54) is 0 Å². The summed E-state index contributed by atoms with van der Waals surface area (Å²) in [5.41, 5.74) is 2.25. The lowest BCUT2D eigenvalue weighted by Crippen LogP contribution is -2.47. The normalized spacial score (nSPS) is 18.8. The van der Waals surface area contributed by atoms with Crippen molar-refractivity contribution in [3.05, 3.63) is 29.8 Å². The van der Waals surface area contributed by atoms with Gasteiger partial charge < -0.3 is 20.3 Å². The third-order valence-electron chi connectivity index (χ3n) is 4.86. The summed E-state index contributed by atoms with van der Waals surface area (Å²) in [6.07, 6.45) is 1.93. The van der Waals surface area contributed by atoms with Gasteiger partial charge in [0, 0.05) is 45.5 Å². The summed E-state index contributed by atoms with van der Waals surface area (Å²) >= 11 is 0. The highest BCUT2D eigenvalue weighted by atomic mass is 16.5. The molecule has 7 nitrogen and oxygen atoms in total. The number of rotatable bonds is 6. The average Bonchev–Trinajstić information content (AvgIpc) is 3.47. The lowest BCUT2D eigenvalue weighted by Gasteiger charge is -2.35. The Balaban J connectivity index is 1.66. The number of anilines is 1. The van der Waals surface area contributed by atoms with Crippen molar-refractivity contribution in [3.63, 3.8) is 0 Å². The van der Waals surface area contributed by atoms with Crippen molar-refractivity contribution in [3.8, 4) is 0 Å². The highest BCUT2D eigenvalue weighted by Gasteiger charge is 2.28. The van der Waals surface area contributed by atoms with Crippen molar-refractivity contribution >= 4 is 17.5 Å². The Hall–Kier alpha value is -2.12. The van der Waals surface area contributed by atoms with Crippen LogP contribution in [-0.4, -0.2) is 69.7 Å². The molecule has 7 heteroatoms. The van der Waals surface area contributed by atoms with Crippen LogP contribution in [0.2, 0.25) is 0 Å². The van der Waals surface area contributed by atoms with Gasteiger partial charge in [0.05, 0.1) is 19.3 Å². The van der Waals surface area contributed by atoms with Crippen molar-refractivity contribution in [2.45, 2.75) is 24.9 Å². The first kappa shape index (κ1) is 18.7. The number of benzene rings is 1. The van der Waals surface area contributed by atoms with Crippen molar-refractivity contribution in [1.29, 1.82) is 0 Å². The molecule has 2 amide bonds. The van der Waals surface area contributed by atoms with Crippen LogP contribution < -0.4 is 15.5 Å². The Kier molecular flexibility index (Phi) is 6.11. The number of ether oxygens (including phenoxy) is 1. The smallest absolute Gasteiger partial charge is 0.309 e. The van der Waals surface area contributed by atoms with Gasteiger partial charge in [0.15, 0.2) is 0 Å². The summed E-state index contributed by atoms with van der Waals surface area (Å²) < 4.78 is 5.45. The Morgan fingerprint density at radius 1 is 1.15 bits per heavy atom.